The van der Waals surface area contributed by atoms with Crippen LogP contribution in [0.3, 0.4) is 0 Å². The van der Waals surface area contributed by atoms with E-state index in [1.54, 1.807) is 6.07 Å². The van der Waals surface area contributed by atoms with Gasteiger partial charge in [0.05, 0.1) is 11.7 Å². The molecule has 0 radical (unpaired) electrons. The molecule has 1 saturated heterocycles. The fraction of sp³-hybridized carbons (Fsp3) is 0.368. The number of ether oxygens (including phenoxy) is 1. The molecule has 6 heteroatoms. The summed E-state index contributed by atoms with van der Waals surface area (Å²) >= 11 is 0. The fourth-order valence-corrected chi connectivity index (χ4v) is 3.31. The Morgan fingerprint density at radius 1 is 1.12 bits per heavy atom. The summed E-state index contributed by atoms with van der Waals surface area (Å²) in [5.74, 6) is 2.48. The Kier molecular flexibility index (Phi) is 4.13. The Hall–Kier alpha value is -2.47. The molecule has 1 fully saturated rings. The van der Waals surface area contributed by atoms with Crippen LogP contribution in [0.4, 0.5) is 4.39 Å². The van der Waals surface area contributed by atoms with Crippen LogP contribution in [-0.4, -0.2) is 16.8 Å². The molecule has 1 aromatic carbocycles. The summed E-state index contributed by atoms with van der Waals surface area (Å²) in [7, 11) is 0. The summed E-state index contributed by atoms with van der Waals surface area (Å²) in [6.07, 6.45) is 1.33. The zero-order valence-corrected chi connectivity index (χ0v) is 14.2. The van der Waals surface area contributed by atoms with Crippen LogP contribution in [-0.2, 0) is 4.74 Å². The van der Waals surface area contributed by atoms with Gasteiger partial charge >= 0.3 is 0 Å². The molecule has 130 valence electrons. The molecule has 0 aliphatic carbocycles. The van der Waals surface area contributed by atoms with Crippen LogP contribution >= 0.6 is 0 Å². The highest BCUT2D eigenvalue weighted by Gasteiger charge is 2.29. The van der Waals surface area contributed by atoms with E-state index in [1.807, 2.05) is 26.0 Å². The van der Waals surface area contributed by atoms with E-state index >= 15 is 0 Å². The van der Waals surface area contributed by atoms with Gasteiger partial charge in [0.15, 0.2) is 0 Å². The molecule has 2 atom stereocenters. The highest BCUT2D eigenvalue weighted by atomic mass is 19.1. The lowest BCUT2D eigenvalue weighted by molar-refractivity contribution is 0.00112. The molecule has 3 aromatic rings. The van der Waals surface area contributed by atoms with Crippen LogP contribution < -0.4 is 0 Å². The van der Waals surface area contributed by atoms with Crippen LogP contribution in [0.5, 0.6) is 0 Å². The molecule has 0 bridgehead atoms. The predicted octanol–water partition coefficient (Wildman–Crippen LogP) is 4.72. The van der Waals surface area contributed by atoms with Crippen molar-refractivity contribution in [2.75, 3.05) is 6.61 Å². The minimum absolute atomic E-state index is 0.0940. The fourth-order valence-electron chi connectivity index (χ4n) is 3.31. The number of furan rings is 1. The third-order valence-electron chi connectivity index (χ3n) is 4.57. The molecule has 0 amide bonds. The van der Waals surface area contributed by atoms with Crippen LogP contribution in [0.15, 0.2) is 39.2 Å². The molecule has 0 spiro atoms. The van der Waals surface area contributed by atoms with Crippen molar-refractivity contribution in [2.24, 2.45) is 0 Å². The first-order chi connectivity index (χ1) is 12.1. The molecule has 5 nitrogen and oxygen atoms in total. The molecule has 1 aliphatic rings. The van der Waals surface area contributed by atoms with E-state index < -0.39 is 0 Å². The van der Waals surface area contributed by atoms with Gasteiger partial charge in [0.25, 0.3) is 5.89 Å². The minimum Gasteiger partial charge on any atom is -0.466 e. The number of halogens is 1. The van der Waals surface area contributed by atoms with E-state index in [-0.39, 0.29) is 17.8 Å². The third kappa shape index (κ3) is 3.22. The van der Waals surface area contributed by atoms with E-state index in [9.17, 15) is 4.39 Å². The minimum atomic E-state index is -0.255. The van der Waals surface area contributed by atoms with E-state index in [0.717, 1.165) is 29.1 Å². The molecule has 25 heavy (non-hydrogen) atoms. The summed E-state index contributed by atoms with van der Waals surface area (Å²) in [4.78, 5) is 0. The average Bonchev–Trinajstić information content (AvgIpc) is 3.21. The van der Waals surface area contributed by atoms with Crippen molar-refractivity contribution in [1.29, 1.82) is 0 Å². The summed E-state index contributed by atoms with van der Waals surface area (Å²) < 4.78 is 30.7. The molecule has 0 N–H and O–H groups in total. The van der Waals surface area contributed by atoms with Gasteiger partial charge in [0.1, 0.15) is 17.3 Å². The maximum Gasteiger partial charge on any atom is 0.251 e. The quantitative estimate of drug-likeness (QED) is 0.689. The number of benzene rings is 1. The second kappa shape index (κ2) is 6.44. The van der Waals surface area contributed by atoms with Crippen LogP contribution in [0.2, 0.25) is 0 Å². The summed E-state index contributed by atoms with van der Waals surface area (Å²) in [6, 6.07) is 8.43. The van der Waals surface area contributed by atoms with Gasteiger partial charge in [0.2, 0.25) is 5.89 Å². The van der Waals surface area contributed by atoms with Crippen molar-refractivity contribution in [1.82, 2.24) is 10.2 Å². The first kappa shape index (κ1) is 16.0. The molecule has 4 rings (SSSR count). The van der Waals surface area contributed by atoms with E-state index in [0.29, 0.717) is 24.8 Å². The van der Waals surface area contributed by atoms with Gasteiger partial charge in [-0.3, -0.25) is 0 Å². The Balaban J connectivity index is 1.55. The lowest BCUT2D eigenvalue weighted by Gasteiger charge is -2.27. The Morgan fingerprint density at radius 3 is 2.76 bits per heavy atom. The van der Waals surface area contributed by atoms with Crippen molar-refractivity contribution in [3.63, 3.8) is 0 Å². The van der Waals surface area contributed by atoms with Crippen molar-refractivity contribution < 1.29 is 18.0 Å². The molecular weight excluding hydrogens is 323 g/mol. The maximum absolute atomic E-state index is 13.5. The van der Waals surface area contributed by atoms with Gasteiger partial charge in [-0.25, -0.2) is 4.39 Å². The second-order valence-corrected chi connectivity index (χ2v) is 6.41. The SMILES string of the molecule is Cc1cc(-c2nnc([C@@H]3CCO[C@H](c4cccc(F)c4)C3)o2)c(C)o1. The summed E-state index contributed by atoms with van der Waals surface area (Å²) in [6.45, 7) is 4.34. The van der Waals surface area contributed by atoms with Gasteiger partial charge in [-0.2, -0.15) is 0 Å². The van der Waals surface area contributed by atoms with Gasteiger partial charge in [-0.1, -0.05) is 12.1 Å². The van der Waals surface area contributed by atoms with Gasteiger partial charge < -0.3 is 13.6 Å². The van der Waals surface area contributed by atoms with E-state index in [4.69, 9.17) is 13.6 Å². The first-order valence-corrected chi connectivity index (χ1v) is 8.38. The smallest absolute Gasteiger partial charge is 0.251 e. The number of aryl methyl sites for hydroxylation is 2. The molecule has 2 aromatic heterocycles. The maximum atomic E-state index is 13.5. The second-order valence-electron chi connectivity index (χ2n) is 6.41. The standard InChI is InChI=1S/C19H19FN2O3/c1-11-8-16(12(2)24-11)19-22-21-18(25-19)14-6-7-23-17(10-14)13-4-3-5-15(20)9-13/h3-5,8-9,14,17H,6-7,10H2,1-2H3/t14-,17+/m1/s1. The monoisotopic (exact) mass is 342 g/mol. The van der Waals surface area contributed by atoms with Crippen LogP contribution in [0.25, 0.3) is 11.5 Å². The number of nitrogens with zero attached hydrogens (tertiary/aromatic N) is 2. The zero-order valence-electron chi connectivity index (χ0n) is 14.2. The largest absolute Gasteiger partial charge is 0.466 e. The highest BCUT2D eigenvalue weighted by molar-refractivity contribution is 5.55. The summed E-state index contributed by atoms with van der Waals surface area (Å²) in [5, 5.41) is 8.39. The Labute approximate surface area is 144 Å². The van der Waals surface area contributed by atoms with Gasteiger partial charge in [-0.15, -0.1) is 10.2 Å². The number of aromatic nitrogens is 2. The molecular formula is C19H19FN2O3. The topological polar surface area (TPSA) is 61.3 Å². The average molecular weight is 342 g/mol. The molecule has 3 heterocycles. The molecule has 0 unspecified atom stereocenters. The lowest BCUT2D eigenvalue weighted by Crippen LogP contribution is -2.19. The van der Waals surface area contributed by atoms with Gasteiger partial charge in [-0.05, 0) is 50.5 Å². The zero-order chi connectivity index (χ0) is 17.4. The first-order valence-electron chi connectivity index (χ1n) is 8.38. The van der Waals surface area contributed by atoms with Crippen molar-refractivity contribution in [2.45, 2.75) is 38.7 Å². The lowest BCUT2D eigenvalue weighted by atomic mass is 9.92. The Morgan fingerprint density at radius 2 is 2.00 bits per heavy atom. The number of hydrogen-bond acceptors (Lipinski definition) is 5. The number of hydrogen-bond donors (Lipinski definition) is 0. The summed E-state index contributed by atoms with van der Waals surface area (Å²) in [5.41, 5.74) is 1.66. The van der Waals surface area contributed by atoms with Gasteiger partial charge in [0, 0.05) is 12.5 Å². The highest BCUT2D eigenvalue weighted by Crippen LogP contribution is 2.38. The van der Waals surface area contributed by atoms with Crippen molar-refractivity contribution in [3.05, 3.63) is 59.1 Å². The van der Waals surface area contributed by atoms with E-state index in [1.165, 1.54) is 12.1 Å². The Bertz CT molecular complexity index is 886. The number of rotatable bonds is 3. The molecule has 0 saturated carbocycles. The van der Waals surface area contributed by atoms with Crippen LogP contribution in [0.1, 0.15) is 47.8 Å². The molecule has 1 aliphatic heterocycles. The predicted molar refractivity (Wildman–Crippen MR) is 88.5 cm³/mol. The normalized spacial score (nSPS) is 20.8. The van der Waals surface area contributed by atoms with E-state index in [2.05, 4.69) is 10.2 Å². The van der Waals surface area contributed by atoms with Crippen molar-refractivity contribution >= 4 is 0 Å². The van der Waals surface area contributed by atoms with Crippen molar-refractivity contribution in [3.8, 4) is 11.5 Å². The van der Waals surface area contributed by atoms with Crippen LogP contribution in [0, 0.1) is 19.7 Å². The third-order valence-corrected chi connectivity index (χ3v) is 4.57.